The van der Waals surface area contributed by atoms with Gasteiger partial charge >= 0.3 is 0 Å². The molecule has 0 bridgehead atoms. The molecule has 0 unspecified atom stereocenters. The lowest BCUT2D eigenvalue weighted by molar-refractivity contribution is -0.120. The zero-order valence-corrected chi connectivity index (χ0v) is 23.9. The van der Waals surface area contributed by atoms with Crippen molar-refractivity contribution < 1.29 is 9.59 Å². The fourth-order valence-electron chi connectivity index (χ4n) is 4.72. The van der Waals surface area contributed by atoms with Crippen molar-refractivity contribution in [2.24, 2.45) is 0 Å². The molecule has 190 valence electrons. The highest BCUT2D eigenvalue weighted by atomic mass is 79.9. The zero-order chi connectivity index (χ0) is 27.1. The van der Waals surface area contributed by atoms with Crippen molar-refractivity contribution in [2.45, 2.75) is 27.7 Å². The van der Waals surface area contributed by atoms with Crippen molar-refractivity contribution >= 4 is 62.5 Å². The van der Waals surface area contributed by atoms with Crippen LogP contribution in [0.15, 0.2) is 88.9 Å². The van der Waals surface area contributed by atoms with Gasteiger partial charge in [0.05, 0.1) is 17.1 Å². The van der Waals surface area contributed by atoms with Crippen LogP contribution in [0.25, 0.3) is 11.8 Å². The third kappa shape index (κ3) is 4.42. The largest absolute Gasteiger partial charge is 0.317 e. The third-order valence-corrected chi connectivity index (χ3v) is 7.91. The molecule has 1 aliphatic heterocycles. The monoisotopic (exact) mass is 583 g/mol. The van der Waals surface area contributed by atoms with Gasteiger partial charge in [0.2, 0.25) is 0 Å². The van der Waals surface area contributed by atoms with Gasteiger partial charge in [0.1, 0.15) is 5.57 Å². The maximum atomic E-state index is 14.0. The standard InChI is InChI=1S/C31H26BrN3O2S/c1-19-14-15-25(16-20(19)2)35-30(37)26(29(36)34(31(35)38)24-10-6-5-7-11-24)18-23-17-21(3)33(22(23)4)28-13-9-8-12-27(28)32/h5-18H,1-4H3/b26-18+. The molecule has 0 aliphatic carbocycles. The molecule has 1 aromatic heterocycles. The van der Waals surface area contributed by atoms with Crippen LogP contribution in [0.3, 0.4) is 0 Å². The number of para-hydroxylation sites is 2. The smallest absolute Gasteiger partial charge is 0.270 e. The Labute approximate surface area is 236 Å². The lowest BCUT2D eigenvalue weighted by Crippen LogP contribution is -2.57. The average molecular weight is 585 g/mol. The lowest BCUT2D eigenvalue weighted by atomic mass is 10.0. The minimum absolute atomic E-state index is 0.0491. The molecule has 1 saturated heterocycles. The molecule has 0 saturated carbocycles. The molecule has 4 aromatic rings. The highest BCUT2D eigenvalue weighted by Crippen LogP contribution is 2.33. The van der Waals surface area contributed by atoms with Gasteiger partial charge in [-0.3, -0.25) is 19.4 Å². The second kappa shape index (κ2) is 10.2. The van der Waals surface area contributed by atoms with Gasteiger partial charge in [-0.05, 0) is 121 Å². The predicted molar refractivity (Wildman–Crippen MR) is 161 cm³/mol. The number of carbonyl (C=O) groups is 2. The molecule has 5 nitrogen and oxygen atoms in total. The van der Waals surface area contributed by atoms with E-state index in [1.54, 1.807) is 6.08 Å². The molecule has 0 atom stereocenters. The number of hydrogen-bond donors (Lipinski definition) is 0. The zero-order valence-electron chi connectivity index (χ0n) is 21.5. The van der Waals surface area contributed by atoms with Crippen LogP contribution >= 0.6 is 28.1 Å². The predicted octanol–water partition coefficient (Wildman–Crippen LogP) is 7.22. The Balaban J connectivity index is 1.68. The Bertz CT molecular complexity index is 1640. The van der Waals surface area contributed by atoms with Crippen molar-refractivity contribution in [2.75, 3.05) is 9.80 Å². The van der Waals surface area contributed by atoms with Crippen molar-refractivity contribution in [3.05, 3.63) is 117 Å². The van der Waals surface area contributed by atoms with E-state index in [9.17, 15) is 9.59 Å². The summed E-state index contributed by atoms with van der Waals surface area (Å²) in [7, 11) is 0. The van der Waals surface area contributed by atoms with Crippen LogP contribution < -0.4 is 9.80 Å². The fraction of sp³-hybridized carbons (Fsp3) is 0.129. The van der Waals surface area contributed by atoms with Crippen LogP contribution in [0, 0.1) is 27.7 Å². The summed E-state index contributed by atoms with van der Waals surface area (Å²) in [4.78, 5) is 30.7. The van der Waals surface area contributed by atoms with Crippen LogP contribution in [0.4, 0.5) is 11.4 Å². The quantitative estimate of drug-likeness (QED) is 0.145. The summed E-state index contributed by atoms with van der Waals surface area (Å²) >= 11 is 9.40. The first-order valence-electron chi connectivity index (χ1n) is 12.2. The minimum Gasteiger partial charge on any atom is -0.317 e. The van der Waals surface area contributed by atoms with Crippen molar-refractivity contribution in [1.29, 1.82) is 0 Å². The number of aromatic nitrogens is 1. The summed E-state index contributed by atoms with van der Waals surface area (Å²) in [6, 6.07) is 24.9. The van der Waals surface area contributed by atoms with Gasteiger partial charge in [-0.25, -0.2) is 0 Å². The summed E-state index contributed by atoms with van der Waals surface area (Å²) in [6.07, 6.45) is 1.69. The van der Waals surface area contributed by atoms with E-state index >= 15 is 0 Å². The number of nitrogens with zero attached hydrogens (tertiary/aromatic N) is 3. The van der Waals surface area contributed by atoms with Crippen LogP contribution in [0.1, 0.15) is 28.1 Å². The third-order valence-electron chi connectivity index (χ3n) is 6.88. The Hall–Kier alpha value is -3.81. The summed E-state index contributed by atoms with van der Waals surface area (Å²) in [6.45, 7) is 7.99. The van der Waals surface area contributed by atoms with E-state index in [0.29, 0.717) is 11.4 Å². The molecule has 0 N–H and O–H groups in total. The molecule has 1 aliphatic rings. The van der Waals surface area contributed by atoms with Gasteiger partial charge < -0.3 is 4.57 Å². The maximum Gasteiger partial charge on any atom is 0.270 e. The molecule has 7 heteroatoms. The molecule has 38 heavy (non-hydrogen) atoms. The van der Waals surface area contributed by atoms with Gasteiger partial charge in [0, 0.05) is 15.9 Å². The molecule has 3 aromatic carbocycles. The van der Waals surface area contributed by atoms with E-state index in [2.05, 4.69) is 20.5 Å². The topological polar surface area (TPSA) is 45.6 Å². The SMILES string of the molecule is Cc1ccc(N2C(=O)/C(=C/c3cc(C)n(-c4ccccc4Br)c3C)C(=O)N(c3ccccc3)C2=S)cc1C. The summed E-state index contributed by atoms with van der Waals surface area (Å²) in [5.74, 6) is -0.891. The van der Waals surface area contributed by atoms with Crippen molar-refractivity contribution in [1.82, 2.24) is 4.57 Å². The van der Waals surface area contributed by atoms with Crippen LogP contribution in [-0.4, -0.2) is 21.5 Å². The number of hydrogen-bond acceptors (Lipinski definition) is 3. The van der Waals surface area contributed by atoms with Gasteiger partial charge in [0.25, 0.3) is 11.8 Å². The second-order valence-electron chi connectivity index (χ2n) is 9.34. The normalized spacial score (nSPS) is 15.1. The van der Waals surface area contributed by atoms with E-state index in [1.807, 2.05) is 107 Å². The Morgan fingerprint density at radius 2 is 1.37 bits per heavy atom. The number of amides is 2. The minimum atomic E-state index is -0.447. The second-order valence-corrected chi connectivity index (χ2v) is 10.6. The number of anilines is 2. The van der Waals surface area contributed by atoms with Gasteiger partial charge in [0.15, 0.2) is 5.11 Å². The molecular formula is C31H26BrN3O2S. The average Bonchev–Trinajstić information content (AvgIpc) is 3.17. The van der Waals surface area contributed by atoms with E-state index < -0.39 is 11.8 Å². The number of halogens is 1. The van der Waals surface area contributed by atoms with E-state index in [4.69, 9.17) is 12.2 Å². The fourth-order valence-corrected chi connectivity index (χ4v) is 5.56. The van der Waals surface area contributed by atoms with Gasteiger partial charge in [-0.2, -0.15) is 0 Å². The first kappa shape index (κ1) is 25.8. The molecule has 5 rings (SSSR count). The molecule has 0 spiro atoms. The molecular weight excluding hydrogens is 558 g/mol. The van der Waals surface area contributed by atoms with Crippen LogP contribution in [-0.2, 0) is 9.59 Å². The Kier molecular flexibility index (Phi) is 6.90. The van der Waals surface area contributed by atoms with E-state index in [1.165, 1.54) is 9.80 Å². The van der Waals surface area contributed by atoms with Gasteiger partial charge in [-0.1, -0.05) is 36.4 Å². The molecule has 1 fully saturated rings. The first-order valence-corrected chi connectivity index (χ1v) is 13.4. The number of carbonyl (C=O) groups excluding carboxylic acids is 2. The van der Waals surface area contributed by atoms with Crippen LogP contribution in [0.5, 0.6) is 0 Å². The van der Waals surface area contributed by atoms with E-state index in [0.717, 1.165) is 38.2 Å². The summed E-state index contributed by atoms with van der Waals surface area (Å²) < 4.78 is 3.06. The van der Waals surface area contributed by atoms with E-state index in [-0.39, 0.29) is 10.7 Å². The first-order chi connectivity index (χ1) is 18.2. The number of rotatable bonds is 4. The van der Waals surface area contributed by atoms with Crippen molar-refractivity contribution in [3.8, 4) is 5.69 Å². The molecule has 0 radical (unpaired) electrons. The summed E-state index contributed by atoms with van der Waals surface area (Å²) in [5.41, 5.74) is 7.09. The Morgan fingerprint density at radius 1 is 0.737 bits per heavy atom. The molecule has 2 heterocycles. The van der Waals surface area contributed by atoms with Gasteiger partial charge in [-0.15, -0.1) is 0 Å². The number of thiocarbonyl (C=S) groups is 1. The number of benzene rings is 3. The van der Waals surface area contributed by atoms with Crippen LogP contribution in [0.2, 0.25) is 0 Å². The number of aryl methyl sites for hydroxylation is 3. The van der Waals surface area contributed by atoms with Crippen molar-refractivity contribution in [3.63, 3.8) is 0 Å². The maximum absolute atomic E-state index is 14.0. The Morgan fingerprint density at radius 3 is 2.03 bits per heavy atom. The highest BCUT2D eigenvalue weighted by molar-refractivity contribution is 9.10. The molecule has 2 amide bonds. The highest BCUT2D eigenvalue weighted by Gasteiger charge is 2.41. The summed E-state index contributed by atoms with van der Waals surface area (Å²) in [5, 5.41) is 0.130. The lowest BCUT2D eigenvalue weighted by Gasteiger charge is -2.36.